The summed E-state index contributed by atoms with van der Waals surface area (Å²) in [5.74, 6) is -1.07. The molecule has 0 atom stereocenters. The van der Waals surface area contributed by atoms with Crippen LogP contribution in [0, 0.1) is 0 Å². The number of carbonyl (C=O) groups is 2. The zero-order valence-electron chi connectivity index (χ0n) is 11.1. The highest BCUT2D eigenvalue weighted by molar-refractivity contribution is 5.85. The Morgan fingerprint density at radius 3 is 2.75 bits per heavy atom. The molecule has 0 spiro atoms. The molecule has 1 saturated carbocycles. The Morgan fingerprint density at radius 1 is 1.45 bits per heavy atom. The summed E-state index contributed by atoms with van der Waals surface area (Å²) in [5, 5.41) is 14.3. The van der Waals surface area contributed by atoms with E-state index < -0.39 is 5.97 Å². The van der Waals surface area contributed by atoms with Crippen molar-refractivity contribution in [2.75, 3.05) is 7.11 Å². The van der Waals surface area contributed by atoms with Crippen molar-refractivity contribution >= 4 is 12.0 Å². The number of carboxylic acid groups (broad SMARTS) is 1. The van der Waals surface area contributed by atoms with Gasteiger partial charge in [0.05, 0.1) is 6.10 Å². The fourth-order valence-corrected chi connectivity index (χ4v) is 1.95. The normalized spacial score (nSPS) is 20.9. The quantitative estimate of drug-likeness (QED) is 0.738. The standard InChI is InChI=1S/C13H17N3O4/c1-20-10-4-9(5-10)16-13(19)15-7-8-2-3-11(12(17)18)14-6-8/h2-3,6,9-10H,4-5,7H2,1H3,(H,17,18)(H2,15,16,19). The zero-order valence-corrected chi connectivity index (χ0v) is 11.1. The first-order valence-corrected chi connectivity index (χ1v) is 6.34. The predicted octanol–water partition coefficient (Wildman–Crippen LogP) is 0.756. The second kappa shape index (κ2) is 6.33. The van der Waals surface area contributed by atoms with E-state index >= 15 is 0 Å². The first-order valence-electron chi connectivity index (χ1n) is 6.34. The van der Waals surface area contributed by atoms with Crippen LogP contribution in [0.2, 0.25) is 0 Å². The van der Waals surface area contributed by atoms with Crippen LogP contribution in [-0.4, -0.2) is 41.3 Å². The highest BCUT2D eigenvalue weighted by atomic mass is 16.5. The van der Waals surface area contributed by atoms with Crippen molar-refractivity contribution in [3.63, 3.8) is 0 Å². The van der Waals surface area contributed by atoms with Crippen molar-refractivity contribution in [1.82, 2.24) is 15.6 Å². The molecule has 1 aromatic rings. The Bertz CT molecular complexity index is 483. The summed E-state index contributed by atoms with van der Waals surface area (Å²) >= 11 is 0. The van der Waals surface area contributed by atoms with Crippen LogP contribution in [0.1, 0.15) is 28.9 Å². The lowest BCUT2D eigenvalue weighted by atomic mass is 9.89. The highest BCUT2D eigenvalue weighted by Crippen LogP contribution is 2.22. The van der Waals surface area contributed by atoms with Gasteiger partial charge in [-0.3, -0.25) is 0 Å². The fourth-order valence-electron chi connectivity index (χ4n) is 1.95. The minimum Gasteiger partial charge on any atom is -0.477 e. The maximum Gasteiger partial charge on any atom is 0.354 e. The number of carboxylic acids is 1. The van der Waals surface area contributed by atoms with E-state index in [1.54, 1.807) is 13.2 Å². The molecular weight excluding hydrogens is 262 g/mol. The summed E-state index contributed by atoms with van der Waals surface area (Å²) in [7, 11) is 1.66. The molecule has 0 unspecified atom stereocenters. The third kappa shape index (κ3) is 3.67. The van der Waals surface area contributed by atoms with Gasteiger partial charge in [0, 0.05) is 25.9 Å². The van der Waals surface area contributed by atoms with E-state index in [-0.39, 0.29) is 23.9 Å². The zero-order chi connectivity index (χ0) is 14.5. The molecule has 1 fully saturated rings. The maximum absolute atomic E-state index is 11.6. The topological polar surface area (TPSA) is 101 Å². The maximum atomic E-state index is 11.6. The number of rotatable bonds is 5. The van der Waals surface area contributed by atoms with E-state index in [0.717, 1.165) is 18.4 Å². The molecule has 2 amide bonds. The molecule has 0 saturated heterocycles. The van der Waals surface area contributed by atoms with Gasteiger partial charge in [-0.25, -0.2) is 14.6 Å². The molecule has 1 aliphatic rings. The summed E-state index contributed by atoms with van der Waals surface area (Å²) in [4.78, 5) is 26.0. The van der Waals surface area contributed by atoms with Crippen molar-refractivity contribution in [3.8, 4) is 0 Å². The number of aromatic nitrogens is 1. The van der Waals surface area contributed by atoms with E-state index in [9.17, 15) is 9.59 Å². The first-order chi connectivity index (χ1) is 9.58. The molecule has 0 bridgehead atoms. The van der Waals surface area contributed by atoms with Crippen molar-refractivity contribution < 1.29 is 19.4 Å². The van der Waals surface area contributed by atoms with Crippen molar-refractivity contribution in [2.24, 2.45) is 0 Å². The lowest BCUT2D eigenvalue weighted by Crippen LogP contribution is -2.50. The number of nitrogens with one attached hydrogen (secondary N) is 2. The summed E-state index contributed by atoms with van der Waals surface area (Å²) in [6.07, 6.45) is 3.35. The molecule has 3 N–H and O–H groups in total. The summed E-state index contributed by atoms with van der Waals surface area (Å²) in [6, 6.07) is 2.95. The molecule has 0 aliphatic heterocycles. The lowest BCUT2D eigenvalue weighted by molar-refractivity contribution is 0.0205. The van der Waals surface area contributed by atoms with Gasteiger partial charge >= 0.3 is 12.0 Å². The number of carbonyl (C=O) groups excluding carboxylic acids is 1. The molecule has 7 heteroatoms. The molecule has 20 heavy (non-hydrogen) atoms. The predicted molar refractivity (Wildman–Crippen MR) is 70.4 cm³/mol. The van der Waals surface area contributed by atoms with Gasteiger partial charge in [0.15, 0.2) is 0 Å². The lowest BCUT2D eigenvalue weighted by Gasteiger charge is -2.34. The van der Waals surface area contributed by atoms with Gasteiger partial charge in [-0.15, -0.1) is 0 Å². The van der Waals surface area contributed by atoms with E-state index in [0.29, 0.717) is 6.54 Å². The molecular formula is C13H17N3O4. The summed E-state index contributed by atoms with van der Waals surface area (Å²) in [5.41, 5.74) is 0.729. The Morgan fingerprint density at radius 2 is 2.20 bits per heavy atom. The number of ether oxygens (including phenoxy) is 1. The molecule has 0 radical (unpaired) electrons. The van der Waals surface area contributed by atoms with Crippen LogP contribution in [0.15, 0.2) is 18.3 Å². The Labute approximate surface area is 116 Å². The Hall–Kier alpha value is -2.15. The van der Waals surface area contributed by atoms with Gasteiger partial charge < -0.3 is 20.5 Å². The van der Waals surface area contributed by atoms with E-state index in [1.165, 1.54) is 12.3 Å². The van der Waals surface area contributed by atoms with E-state index in [4.69, 9.17) is 9.84 Å². The SMILES string of the molecule is COC1CC(NC(=O)NCc2ccc(C(=O)O)nc2)C1. The molecule has 1 aliphatic carbocycles. The number of hydrogen-bond donors (Lipinski definition) is 3. The van der Waals surface area contributed by atoms with Crippen molar-refractivity contribution in [3.05, 3.63) is 29.6 Å². The van der Waals surface area contributed by atoms with E-state index in [2.05, 4.69) is 15.6 Å². The van der Waals surface area contributed by atoms with Gasteiger partial charge in [-0.05, 0) is 24.5 Å². The molecule has 7 nitrogen and oxygen atoms in total. The molecule has 2 rings (SSSR count). The van der Waals surface area contributed by atoms with Gasteiger partial charge in [0.25, 0.3) is 0 Å². The van der Waals surface area contributed by atoms with Crippen molar-refractivity contribution in [1.29, 1.82) is 0 Å². The second-order valence-corrected chi connectivity index (χ2v) is 4.71. The van der Waals surface area contributed by atoms with Crippen LogP contribution in [0.4, 0.5) is 4.79 Å². The molecule has 1 heterocycles. The third-order valence-corrected chi connectivity index (χ3v) is 3.26. The van der Waals surface area contributed by atoms with Gasteiger partial charge in [0.1, 0.15) is 5.69 Å². The number of pyridine rings is 1. The Kier molecular flexibility index (Phi) is 4.52. The third-order valence-electron chi connectivity index (χ3n) is 3.26. The average Bonchev–Trinajstić information content (AvgIpc) is 2.40. The largest absolute Gasteiger partial charge is 0.477 e. The van der Waals surface area contributed by atoms with Crippen LogP contribution in [0.25, 0.3) is 0 Å². The number of amides is 2. The average molecular weight is 279 g/mol. The smallest absolute Gasteiger partial charge is 0.354 e. The fraction of sp³-hybridized carbons (Fsp3) is 0.462. The minimum absolute atomic E-state index is 0.0155. The summed E-state index contributed by atoms with van der Waals surface area (Å²) in [6.45, 7) is 0.305. The number of nitrogens with zero attached hydrogens (tertiary/aromatic N) is 1. The van der Waals surface area contributed by atoms with Gasteiger partial charge in [-0.2, -0.15) is 0 Å². The van der Waals surface area contributed by atoms with Crippen LogP contribution >= 0.6 is 0 Å². The first kappa shape index (κ1) is 14.3. The number of hydrogen-bond acceptors (Lipinski definition) is 4. The number of aromatic carboxylic acids is 1. The van der Waals surface area contributed by atoms with Crippen LogP contribution in [-0.2, 0) is 11.3 Å². The van der Waals surface area contributed by atoms with Gasteiger partial charge in [0.2, 0.25) is 0 Å². The monoisotopic (exact) mass is 279 g/mol. The molecule has 1 aromatic heterocycles. The molecule has 108 valence electrons. The van der Waals surface area contributed by atoms with Gasteiger partial charge in [-0.1, -0.05) is 6.07 Å². The summed E-state index contributed by atoms with van der Waals surface area (Å²) < 4.78 is 5.13. The van der Waals surface area contributed by atoms with Crippen LogP contribution in [0.5, 0.6) is 0 Å². The van der Waals surface area contributed by atoms with Crippen molar-refractivity contribution in [2.45, 2.75) is 31.5 Å². The number of urea groups is 1. The Balaban J connectivity index is 1.72. The van der Waals surface area contributed by atoms with Crippen LogP contribution in [0.3, 0.4) is 0 Å². The van der Waals surface area contributed by atoms with E-state index in [1.807, 2.05) is 0 Å². The highest BCUT2D eigenvalue weighted by Gasteiger charge is 2.29. The van der Waals surface area contributed by atoms with Crippen LogP contribution < -0.4 is 10.6 Å². The minimum atomic E-state index is -1.07. The second-order valence-electron chi connectivity index (χ2n) is 4.71. The number of methoxy groups -OCH3 is 1. The molecule has 0 aromatic carbocycles.